The van der Waals surface area contributed by atoms with E-state index in [1.807, 2.05) is 24.4 Å². The van der Waals surface area contributed by atoms with Crippen molar-refractivity contribution in [3.63, 3.8) is 0 Å². The van der Waals surface area contributed by atoms with E-state index < -0.39 is 0 Å². The lowest BCUT2D eigenvalue weighted by Gasteiger charge is -2.32. The summed E-state index contributed by atoms with van der Waals surface area (Å²) in [5.74, 6) is 0.592. The van der Waals surface area contributed by atoms with Crippen LogP contribution in [-0.4, -0.2) is 29.0 Å². The van der Waals surface area contributed by atoms with Crippen LogP contribution in [0.1, 0.15) is 35.7 Å². The second-order valence-corrected chi connectivity index (χ2v) is 6.16. The monoisotopic (exact) mass is 310 g/mol. The van der Waals surface area contributed by atoms with E-state index in [-0.39, 0.29) is 5.91 Å². The molecule has 0 saturated carbocycles. The molecule has 23 heavy (non-hydrogen) atoms. The van der Waals surface area contributed by atoms with E-state index in [9.17, 15) is 4.79 Å². The third-order valence-electron chi connectivity index (χ3n) is 4.21. The third-order valence-corrected chi connectivity index (χ3v) is 4.21. The van der Waals surface area contributed by atoms with E-state index in [4.69, 9.17) is 0 Å². The molecule has 1 fully saturated rings. The fraction of sp³-hybridized carbons (Fsp3) is 0.389. The van der Waals surface area contributed by atoms with Crippen LogP contribution >= 0.6 is 0 Å². The number of aromatic nitrogens is 2. The molecule has 0 radical (unpaired) electrons. The first-order chi connectivity index (χ1) is 11.2. The van der Waals surface area contributed by atoms with Gasteiger partial charge in [-0.1, -0.05) is 6.92 Å². The molecular formula is C18H22N4O. The Bertz CT molecular complexity index is 659. The molecule has 0 aliphatic carbocycles. The van der Waals surface area contributed by atoms with Crippen LogP contribution < -0.4 is 10.2 Å². The smallest absolute Gasteiger partial charge is 0.253 e. The molecule has 1 atom stereocenters. The van der Waals surface area contributed by atoms with Gasteiger partial charge in [-0.15, -0.1) is 0 Å². The number of pyridine rings is 2. The average Bonchev–Trinajstić information content (AvgIpc) is 2.61. The Morgan fingerprint density at radius 1 is 1.30 bits per heavy atom. The van der Waals surface area contributed by atoms with Gasteiger partial charge in [0.2, 0.25) is 0 Å². The molecule has 1 aliphatic rings. The number of anilines is 1. The van der Waals surface area contributed by atoms with Crippen molar-refractivity contribution in [1.29, 1.82) is 0 Å². The summed E-state index contributed by atoms with van der Waals surface area (Å²) >= 11 is 0. The molecule has 3 heterocycles. The van der Waals surface area contributed by atoms with Gasteiger partial charge in [0.1, 0.15) is 0 Å². The van der Waals surface area contributed by atoms with Crippen molar-refractivity contribution in [1.82, 2.24) is 15.3 Å². The zero-order chi connectivity index (χ0) is 16.1. The van der Waals surface area contributed by atoms with Gasteiger partial charge in [-0.2, -0.15) is 0 Å². The molecule has 1 aliphatic heterocycles. The standard InChI is InChI=1S/C18H22N4O/c1-14-3-2-8-22(13-14)17-9-16(11-20-12-17)18(23)21-10-15-4-6-19-7-5-15/h4-7,9,11-12,14H,2-3,8,10,13H2,1H3,(H,21,23). The maximum Gasteiger partial charge on any atom is 0.253 e. The Morgan fingerprint density at radius 3 is 2.91 bits per heavy atom. The van der Waals surface area contributed by atoms with Gasteiger partial charge in [0, 0.05) is 38.2 Å². The minimum Gasteiger partial charge on any atom is -0.370 e. The van der Waals surface area contributed by atoms with Crippen LogP contribution in [0.4, 0.5) is 5.69 Å². The zero-order valence-corrected chi connectivity index (χ0v) is 13.4. The SMILES string of the molecule is CC1CCCN(c2cncc(C(=O)NCc3ccncc3)c2)C1. The molecule has 0 spiro atoms. The molecule has 5 nitrogen and oxygen atoms in total. The van der Waals surface area contributed by atoms with Crippen LogP contribution in [0.2, 0.25) is 0 Å². The molecule has 3 rings (SSSR count). The minimum atomic E-state index is -0.0961. The fourth-order valence-electron chi connectivity index (χ4n) is 2.93. The highest BCUT2D eigenvalue weighted by Crippen LogP contribution is 2.22. The van der Waals surface area contributed by atoms with Crippen molar-refractivity contribution >= 4 is 11.6 Å². The summed E-state index contributed by atoms with van der Waals surface area (Å²) in [7, 11) is 0. The largest absolute Gasteiger partial charge is 0.370 e. The highest BCUT2D eigenvalue weighted by Gasteiger charge is 2.18. The summed E-state index contributed by atoms with van der Waals surface area (Å²) in [5, 5.41) is 2.93. The van der Waals surface area contributed by atoms with Crippen LogP contribution in [0.3, 0.4) is 0 Å². The van der Waals surface area contributed by atoms with Crippen molar-refractivity contribution in [2.24, 2.45) is 5.92 Å². The highest BCUT2D eigenvalue weighted by molar-refractivity contribution is 5.94. The van der Waals surface area contributed by atoms with Crippen molar-refractivity contribution in [3.8, 4) is 0 Å². The Morgan fingerprint density at radius 2 is 2.13 bits per heavy atom. The Hall–Kier alpha value is -2.43. The summed E-state index contributed by atoms with van der Waals surface area (Å²) in [6.07, 6.45) is 9.38. The number of nitrogens with zero attached hydrogens (tertiary/aromatic N) is 3. The van der Waals surface area contributed by atoms with Crippen molar-refractivity contribution in [2.75, 3.05) is 18.0 Å². The van der Waals surface area contributed by atoms with Gasteiger partial charge >= 0.3 is 0 Å². The summed E-state index contributed by atoms with van der Waals surface area (Å²) in [4.78, 5) is 22.9. The molecule has 1 saturated heterocycles. The quantitative estimate of drug-likeness (QED) is 0.943. The second kappa shape index (κ2) is 7.22. The molecule has 5 heteroatoms. The van der Waals surface area contributed by atoms with Gasteiger partial charge in [-0.25, -0.2) is 0 Å². The van der Waals surface area contributed by atoms with Gasteiger partial charge in [-0.05, 0) is 42.5 Å². The van der Waals surface area contributed by atoms with Crippen LogP contribution in [0.15, 0.2) is 43.0 Å². The molecule has 1 N–H and O–H groups in total. The summed E-state index contributed by atoms with van der Waals surface area (Å²) < 4.78 is 0. The number of carbonyl (C=O) groups excluding carboxylic acids is 1. The summed E-state index contributed by atoms with van der Waals surface area (Å²) in [5.41, 5.74) is 2.67. The number of hydrogen-bond acceptors (Lipinski definition) is 4. The molecule has 0 bridgehead atoms. The van der Waals surface area contributed by atoms with Gasteiger partial charge in [0.05, 0.1) is 17.4 Å². The van der Waals surface area contributed by atoms with Crippen LogP contribution in [0.25, 0.3) is 0 Å². The molecule has 2 aromatic rings. The number of piperidine rings is 1. The molecule has 2 aromatic heterocycles. The second-order valence-electron chi connectivity index (χ2n) is 6.16. The van der Waals surface area contributed by atoms with E-state index in [2.05, 4.69) is 27.1 Å². The fourth-order valence-corrected chi connectivity index (χ4v) is 2.93. The van der Waals surface area contributed by atoms with Crippen molar-refractivity contribution < 1.29 is 4.79 Å². The lowest BCUT2D eigenvalue weighted by atomic mass is 10.00. The van der Waals surface area contributed by atoms with Gasteiger partial charge < -0.3 is 10.2 Å². The van der Waals surface area contributed by atoms with Crippen LogP contribution in [0, 0.1) is 5.92 Å². The number of rotatable bonds is 4. The number of carbonyl (C=O) groups is 1. The lowest BCUT2D eigenvalue weighted by molar-refractivity contribution is 0.0950. The molecule has 120 valence electrons. The van der Waals surface area contributed by atoms with Gasteiger partial charge in [-0.3, -0.25) is 14.8 Å². The lowest BCUT2D eigenvalue weighted by Crippen LogP contribution is -2.34. The van der Waals surface area contributed by atoms with E-state index in [1.165, 1.54) is 12.8 Å². The summed E-state index contributed by atoms with van der Waals surface area (Å²) in [6, 6.07) is 5.72. The molecular weight excluding hydrogens is 288 g/mol. The Kier molecular flexibility index (Phi) is 4.86. The molecule has 1 unspecified atom stereocenters. The van der Waals surface area contributed by atoms with Crippen molar-refractivity contribution in [3.05, 3.63) is 54.1 Å². The predicted octanol–water partition coefficient (Wildman–Crippen LogP) is 2.64. The first-order valence-electron chi connectivity index (χ1n) is 8.09. The number of amides is 1. The predicted molar refractivity (Wildman–Crippen MR) is 90.3 cm³/mol. The highest BCUT2D eigenvalue weighted by atomic mass is 16.1. The van der Waals surface area contributed by atoms with Gasteiger partial charge in [0.15, 0.2) is 0 Å². The topological polar surface area (TPSA) is 58.1 Å². The molecule has 0 aromatic carbocycles. The van der Waals surface area contributed by atoms with Crippen LogP contribution in [-0.2, 0) is 6.54 Å². The molecule has 1 amide bonds. The van der Waals surface area contributed by atoms with E-state index in [0.29, 0.717) is 18.0 Å². The van der Waals surface area contributed by atoms with Crippen molar-refractivity contribution in [2.45, 2.75) is 26.3 Å². The maximum atomic E-state index is 12.3. The Labute approximate surface area is 136 Å². The first kappa shape index (κ1) is 15.5. The van der Waals surface area contributed by atoms with Crippen LogP contribution in [0.5, 0.6) is 0 Å². The minimum absolute atomic E-state index is 0.0961. The van der Waals surface area contributed by atoms with E-state index >= 15 is 0 Å². The average molecular weight is 310 g/mol. The number of nitrogens with one attached hydrogen (secondary N) is 1. The summed E-state index contributed by atoms with van der Waals surface area (Å²) in [6.45, 7) is 4.83. The van der Waals surface area contributed by atoms with Gasteiger partial charge in [0.25, 0.3) is 5.91 Å². The first-order valence-corrected chi connectivity index (χ1v) is 8.09. The number of hydrogen-bond donors (Lipinski definition) is 1. The Balaban J connectivity index is 1.65. The third kappa shape index (κ3) is 4.06. The maximum absolute atomic E-state index is 12.3. The van der Waals surface area contributed by atoms with E-state index in [0.717, 1.165) is 24.3 Å². The normalized spacial score (nSPS) is 17.8. The zero-order valence-electron chi connectivity index (χ0n) is 13.4. The van der Waals surface area contributed by atoms with E-state index in [1.54, 1.807) is 18.6 Å².